The van der Waals surface area contributed by atoms with Gasteiger partial charge in [-0.25, -0.2) is 9.18 Å². The molecule has 8 heteroatoms. The lowest BCUT2D eigenvalue weighted by Gasteiger charge is -2.34. The molecule has 0 aliphatic heterocycles. The summed E-state index contributed by atoms with van der Waals surface area (Å²) < 4.78 is 26.7. The van der Waals surface area contributed by atoms with Crippen LogP contribution in [0, 0.1) is 18.2 Å². The number of hydrogen-bond acceptors (Lipinski definition) is 4. The minimum Gasteiger partial charge on any atom is -0.477 e. The molecule has 0 aliphatic carbocycles. The van der Waals surface area contributed by atoms with Crippen molar-refractivity contribution in [3.63, 3.8) is 0 Å². The van der Waals surface area contributed by atoms with Crippen molar-refractivity contribution in [3.8, 4) is 45.7 Å². The summed E-state index contributed by atoms with van der Waals surface area (Å²) in [6.07, 6.45) is 7.20. The quantitative estimate of drug-likeness (QED) is 0.164. The van der Waals surface area contributed by atoms with Crippen molar-refractivity contribution in [2.75, 3.05) is 0 Å². The monoisotopic (exact) mass is 556 g/mol. The first kappa shape index (κ1) is 28.8. The Morgan fingerprint density at radius 3 is 2.12 bits per heavy atom. The molecule has 1 heterocycles. The molecule has 3 N–H and O–H groups in total. The van der Waals surface area contributed by atoms with Crippen LogP contribution in [0.15, 0.2) is 85.1 Å². The number of hydrogen-bond donors (Lipinski definition) is 3. The molecule has 4 aromatic rings. The minimum atomic E-state index is -3.64. The van der Waals surface area contributed by atoms with E-state index in [1.807, 2.05) is 60.5 Å². The summed E-state index contributed by atoms with van der Waals surface area (Å²) in [4.78, 5) is 27.4. The highest BCUT2D eigenvalue weighted by molar-refractivity contribution is 7.42. The van der Waals surface area contributed by atoms with Crippen molar-refractivity contribution in [3.05, 3.63) is 102 Å². The molecule has 6 nitrogen and oxygen atoms in total. The Hall–Kier alpha value is -4.21. The van der Waals surface area contributed by atoms with Gasteiger partial charge in [0.15, 0.2) is 5.60 Å². The number of carbonyl (C=O) groups is 1. The van der Waals surface area contributed by atoms with Crippen LogP contribution in [-0.4, -0.2) is 31.2 Å². The van der Waals surface area contributed by atoms with Gasteiger partial charge in [0, 0.05) is 23.0 Å². The molecule has 0 spiro atoms. The molecule has 0 radical (unpaired) electrons. The fourth-order valence-electron chi connectivity index (χ4n) is 5.00. The van der Waals surface area contributed by atoms with Crippen LogP contribution in [-0.2, 0) is 15.0 Å². The Labute approximate surface area is 233 Å². The third-order valence-corrected chi connectivity index (χ3v) is 8.39. The first-order valence-electron chi connectivity index (χ1n) is 12.5. The van der Waals surface area contributed by atoms with Gasteiger partial charge in [0.25, 0.3) is 0 Å². The van der Waals surface area contributed by atoms with Crippen molar-refractivity contribution in [1.82, 2.24) is 4.98 Å². The molecule has 3 atom stereocenters. The van der Waals surface area contributed by atoms with Crippen LogP contribution >= 0.6 is 8.03 Å². The highest BCUT2D eigenvalue weighted by atomic mass is 31.1. The van der Waals surface area contributed by atoms with E-state index in [1.165, 1.54) is 24.3 Å². The van der Waals surface area contributed by atoms with E-state index in [9.17, 15) is 28.9 Å². The summed E-state index contributed by atoms with van der Waals surface area (Å²) in [6.45, 7) is 4.71. The predicted octanol–water partition coefficient (Wildman–Crippen LogP) is 6.74. The zero-order chi connectivity index (χ0) is 29.2. The van der Waals surface area contributed by atoms with Gasteiger partial charge in [-0.05, 0) is 69.3 Å². The number of rotatable bonds is 8. The molecule has 0 saturated heterocycles. The van der Waals surface area contributed by atoms with Crippen LogP contribution in [0.25, 0.3) is 33.4 Å². The Balaban J connectivity index is 2.16. The molecule has 3 unspecified atom stereocenters. The van der Waals surface area contributed by atoms with Crippen LogP contribution in [0.1, 0.15) is 37.9 Å². The number of nitrogens with zero attached hydrogens (tertiary/aromatic N) is 1. The SMILES string of the molecule is C#CC(C(=O)O)([P+](=O)O)C(C)(O)c1c(C(C)C)ncc(-c2cccc(-c3ccccc3)c2)c1-c1ccc(F)cc1. The van der Waals surface area contributed by atoms with E-state index in [0.717, 1.165) is 18.1 Å². The lowest BCUT2D eigenvalue weighted by Crippen LogP contribution is -2.53. The van der Waals surface area contributed by atoms with Crippen molar-refractivity contribution in [1.29, 1.82) is 0 Å². The largest absolute Gasteiger partial charge is 0.541 e. The summed E-state index contributed by atoms with van der Waals surface area (Å²) in [6, 6.07) is 22.7. The average molecular weight is 557 g/mol. The second-order valence-corrected chi connectivity index (χ2v) is 11.1. The topological polar surface area (TPSA) is 108 Å². The van der Waals surface area contributed by atoms with Crippen LogP contribution in [0.4, 0.5) is 4.39 Å². The lowest BCUT2D eigenvalue weighted by atomic mass is 9.74. The van der Waals surface area contributed by atoms with Gasteiger partial charge in [-0.1, -0.05) is 74.5 Å². The molecule has 3 aromatic carbocycles. The second kappa shape index (κ2) is 11.1. The Bertz CT molecular complexity index is 1610. The molecule has 202 valence electrons. The highest BCUT2D eigenvalue weighted by Crippen LogP contribution is 2.53. The minimum absolute atomic E-state index is 0.0190. The molecule has 0 fully saturated rings. The number of terminal acetylenes is 1. The van der Waals surface area contributed by atoms with E-state index in [0.29, 0.717) is 22.3 Å². The van der Waals surface area contributed by atoms with Crippen LogP contribution < -0.4 is 0 Å². The van der Waals surface area contributed by atoms with Gasteiger partial charge in [0.05, 0.1) is 0 Å². The summed E-state index contributed by atoms with van der Waals surface area (Å²) in [7, 11) is -3.64. The molecule has 1 aromatic heterocycles. The molecule has 0 saturated carbocycles. The zero-order valence-electron chi connectivity index (χ0n) is 22.2. The Kier molecular flexibility index (Phi) is 8.00. The molecular formula is C32H28FNO5P+. The van der Waals surface area contributed by atoms with E-state index >= 15 is 0 Å². The van der Waals surface area contributed by atoms with Gasteiger partial charge >= 0.3 is 19.2 Å². The second-order valence-electron chi connectivity index (χ2n) is 9.92. The number of aliphatic carboxylic acids is 1. The Morgan fingerprint density at radius 2 is 1.57 bits per heavy atom. The molecule has 0 amide bonds. The van der Waals surface area contributed by atoms with Gasteiger partial charge in [0.1, 0.15) is 5.82 Å². The summed E-state index contributed by atoms with van der Waals surface area (Å²) in [5.74, 6) is -0.758. The highest BCUT2D eigenvalue weighted by Gasteiger charge is 2.70. The first-order valence-corrected chi connectivity index (χ1v) is 13.7. The van der Waals surface area contributed by atoms with E-state index in [-0.39, 0.29) is 17.2 Å². The summed E-state index contributed by atoms with van der Waals surface area (Å²) in [5, 5.41) is 19.3. The molecule has 0 bridgehead atoms. The molecule has 40 heavy (non-hydrogen) atoms. The molecular weight excluding hydrogens is 528 g/mol. The van der Waals surface area contributed by atoms with Crippen molar-refractivity contribution in [2.45, 2.75) is 37.4 Å². The van der Waals surface area contributed by atoms with E-state index < -0.39 is 30.6 Å². The maximum absolute atomic E-state index is 14.0. The number of carboxylic acids is 1. The number of benzene rings is 3. The zero-order valence-corrected chi connectivity index (χ0v) is 23.1. The fraction of sp³-hybridized carbons (Fsp3) is 0.188. The van der Waals surface area contributed by atoms with Gasteiger partial charge in [0.2, 0.25) is 0 Å². The number of aromatic nitrogens is 1. The smallest absolute Gasteiger partial charge is 0.477 e. The number of pyridine rings is 1. The van der Waals surface area contributed by atoms with Crippen LogP contribution in [0.5, 0.6) is 0 Å². The van der Waals surface area contributed by atoms with E-state index in [1.54, 1.807) is 20.0 Å². The van der Waals surface area contributed by atoms with E-state index in [2.05, 4.69) is 4.98 Å². The number of halogens is 1. The fourth-order valence-corrected chi connectivity index (χ4v) is 5.76. The van der Waals surface area contributed by atoms with Crippen LogP contribution in [0.3, 0.4) is 0 Å². The predicted molar refractivity (Wildman–Crippen MR) is 153 cm³/mol. The third-order valence-electron chi connectivity index (χ3n) is 7.07. The number of carboxylic acid groups (broad SMARTS) is 1. The first-order chi connectivity index (χ1) is 19.0. The summed E-state index contributed by atoms with van der Waals surface area (Å²) in [5.41, 5.74) is 1.47. The average Bonchev–Trinajstić information content (AvgIpc) is 2.93. The summed E-state index contributed by atoms with van der Waals surface area (Å²) >= 11 is 0. The Morgan fingerprint density at radius 1 is 0.975 bits per heavy atom. The van der Waals surface area contributed by atoms with Crippen molar-refractivity contribution >= 4 is 14.0 Å². The van der Waals surface area contributed by atoms with Crippen molar-refractivity contribution in [2.24, 2.45) is 0 Å². The molecule has 4 rings (SSSR count). The number of aliphatic hydroxyl groups is 1. The van der Waals surface area contributed by atoms with Gasteiger partial charge < -0.3 is 10.2 Å². The van der Waals surface area contributed by atoms with Crippen molar-refractivity contribution < 1.29 is 28.9 Å². The third kappa shape index (κ3) is 4.82. The normalized spacial score (nSPS) is 14.6. The van der Waals surface area contributed by atoms with Gasteiger partial charge in [-0.2, -0.15) is 4.89 Å². The van der Waals surface area contributed by atoms with Gasteiger partial charge in [-0.15, -0.1) is 6.42 Å². The molecule has 0 aliphatic rings. The van der Waals surface area contributed by atoms with Gasteiger partial charge in [-0.3, -0.25) is 4.98 Å². The maximum Gasteiger partial charge on any atom is 0.541 e. The van der Waals surface area contributed by atoms with Crippen LogP contribution in [0.2, 0.25) is 0 Å². The standard InChI is InChI=1S/C32H27FNO5P/c1-5-32(30(35)36,40(38)39)31(4,37)28-27(22-14-16-25(33)17-15-22)26(19-34-29(28)20(2)3)24-13-9-12-23(18-24)21-10-7-6-8-11-21/h1,6-20,37H,2-4H3,(H-,35,36,38,39)/p+1. The van der Waals surface area contributed by atoms with E-state index in [4.69, 9.17) is 6.42 Å². The lowest BCUT2D eigenvalue weighted by molar-refractivity contribution is -0.145. The maximum atomic E-state index is 14.0.